The molecule has 0 aliphatic rings. The van der Waals surface area contributed by atoms with Crippen molar-refractivity contribution in [1.82, 2.24) is 0 Å². The van der Waals surface area contributed by atoms with Crippen LogP contribution >= 0.6 is 0 Å². The van der Waals surface area contributed by atoms with Crippen LogP contribution in [0.15, 0.2) is 0 Å². The molecule has 0 saturated carbocycles. The summed E-state index contributed by atoms with van der Waals surface area (Å²) in [6, 6.07) is 0. The van der Waals surface area contributed by atoms with Crippen LogP contribution in [0.3, 0.4) is 0 Å². The molecule has 5 heteroatoms. The zero-order chi connectivity index (χ0) is 6.95. The van der Waals surface area contributed by atoms with E-state index in [-0.39, 0.29) is 0 Å². The second kappa shape index (κ2) is 9.48. The summed E-state index contributed by atoms with van der Waals surface area (Å²) in [5.74, 6) is 0. The number of hydrogen-bond acceptors (Lipinski definition) is 3. The Hall–Kier alpha value is 1.48. The molecule has 0 atom stereocenters. The topological polar surface area (TPSA) is 27.7 Å². The molecule has 0 bridgehead atoms. The number of hydrogen-bond donors (Lipinski definition) is 0. The SMILES string of the molecule is CC[O][Sn][O][Sn][O]CC. The van der Waals surface area contributed by atoms with Crippen LogP contribution < -0.4 is 0 Å². The molecule has 0 rings (SSSR count). The summed E-state index contributed by atoms with van der Waals surface area (Å²) >= 11 is -1.79. The summed E-state index contributed by atoms with van der Waals surface area (Å²) in [7, 11) is 0. The monoisotopic (exact) mass is 346 g/mol. The molecule has 0 amide bonds. The van der Waals surface area contributed by atoms with E-state index in [1.165, 1.54) is 0 Å². The summed E-state index contributed by atoms with van der Waals surface area (Å²) < 4.78 is 15.4. The van der Waals surface area contributed by atoms with Crippen molar-refractivity contribution in [3.63, 3.8) is 0 Å². The molecule has 0 spiro atoms. The molecule has 0 aliphatic heterocycles. The minimum absolute atomic E-state index is 0.789. The Kier molecular flexibility index (Phi) is 11.0. The predicted molar refractivity (Wildman–Crippen MR) is 35.8 cm³/mol. The predicted octanol–water partition coefficient (Wildman–Crippen LogP) is 0.144. The molecule has 0 N–H and O–H groups in total. The van der Waals surface area contributed by atoms with E-state index in [1.807, 2.05) is 13.8 Å². The maximum absolute atomic E-state index is 5.21. The normalized spacial score (nSPS) is 10.0. The van der Waals surface area contributed by atoms with Crippen LogP contribution in [0.25, 0.3) is 0 Å². The van der Waals surface area contributed by atoms with Crippen LogP contribution in [0.5, 0.6) is 0 Å². The molecular formula is C4H10O3Sn2. The van der Waals surface area contributed by atoms with Crippen molar-refractivity contribution in [2.75, 3.05) is 13.2 Å². The Morgan fingerprint density at radius 3 is 1.78 bits per heavy atom. The molecule has 4 radical (unpaired) electrons. The molecule has 0 fully saturated rings. The average molecular weight is 344 g/mol. The van der Waals surface area contributed by atoms with Gasteiger partial charge in [0.2, 0.25) is 0 Å². The van der Waals surface area contributed by atoms with E-state index >= 15 is 0 Å². The van der Waals surface area contributed by atoms with Gasteiger partial charge in [0, 0.05) is 0 Å². The third-order valence-corrected chi connectivity index (χ3v) is 6.48. The Balaban J connectivity index is 2.60. The molecule has 0 aromatic heterocycles. The van der Waals surface area contributed by atoms with Crippen molar-refractivity contribution >= 4 is 43.9 Å². The van der Waals surface area contributed by atoms with Crippen LogP contribution in [0.2, 0.25) is 0 Å². The van der Waals surface area contributed by atoms with Gasteiger partial charge in [0.15, 0.2) is 0 Å². The third kappa shape index (κ3) is 9.48. The first-order valence-corrected chi connectivity index (χ1v) is 7.47. The Morgan fingerprint density at radius 1 is 1.00 bits per heavy atom. The minimum atomic E-state index is -0.897. The third-order valence-electron chi connectivity index (χ3n) is 0.490. The molecule has 0 unspecified atom stereocenters. The van der Waals surface area contributed by atoms with Crippen molar-refractivity contribution in [3.05, 3.63) is 0 Å². The Bertz CT molecular complexity index is 47.1. The van der Waals surface area contributed by atoms with E-state index in [1.54, 1.807) is 0 Å². The molecule has 9 heavy (non-hydrogen) atoms. The van der Waals surface area contributed by atoms with Crippen molar-refractivity contribution in [2.45, 2.75) is 13.8 Å². The summed E-state index contributed by atoms with van der Waals surface area (Å²) in [5.41, 5.74) is 0. The molecule has 0 saturated heterocycles. The van der Waals surface area contributed by atoms with Gasteiger partial charge in [-0.15, -0.1) is 0 Å². The van der Waals surface area contributed by atoms with Crippen LogP contribution in [0.1, 0.15) is 13.8 Å². The maximum atomic E-state index is 5.21. The molecule has 0 aliphatic carbocycles. The fourth-order valence-corrected chi connectivity index (χ4v) is 4.21. The van der Waals surface area contributed by atoms with E-state index in [9.17, 15) is 0 Å². The fraction of sp³-hybridized carbons (Fsp3) is 1.00. The van der Waals surface area contributed by atoms with Crippen molar-refractivity contribution < 1.29 is 7.56 Å². The standard InChI is InChI=1S/2C2H5O.O.2Sn/c2*1-2-3;;;/h2*2H2,1H3;;;/q2*-1;;2*+1. The Morgan fingerprint density at radius 2 is 1.44 bits per heavy atom. The van der Waals surface area contributed by atoms with Gasteiger partial charge < -0.3 is 0 Å². The van der Waals surface area contributed by atoms with Crippen molar-refractivity contribution in [1.29, 1.82) is 0 Å². The van der Waals surface area contributed by atoms with Gasteiger partial charge in [0.1, 0.15) is 0 Å². The quantitative estimate of drug-likeness (QED) is 0.507. The fourth-order valence-electron chi connectivity index (χ4n) is 0.194. The Labute approximate surface area is 78.1 Å². The zero-order valence-corrected chi connectivity index (χ0v) is 11.3. The summed E-state index contributed by atoms with van der Waals surface area (Å²) in [5, 5.41) is 0. The first-order valence-electron chi connectivity index (χ1n) is 2.81. The molecule has 3 nitrogen and oxygen atoms in total. The second-order valence-corrected chi connectivity index (χ2v) is 8.22. The van der Waals surface area contributed by atoms with Gasteiger partial charge in [-0.3, -0.25) is 0 Å². The van der Waals surface area contributed by atoms with Gasteiger partial charge in [0.25, 0.3) is 0 Å². The van der Waals surface area contributed by atoms with Crippen LogP contribution in [-0.2, 0) is 7.56 Å². The van der Waals surface area contributed by atoms with Gasteiger partial charge in [-0.1, -0.05) is 0 Å². The van der Waals surface area contributed by atoms with Crippen LogP contribution in [0.4, 0.5) is 0 Å². The van der Waals surface area contributed by atoms with Crippen LogP contribution in [-0.4, -0.2) is 57.2 Å². The van der Waals surface area contributed by atoms with E-state index in [4.69, 9.17) is 7.56 Å². The van der Waals surface area contributed by atoms with Gasteiger partial charge in [0.05, 0.1) is 0 Å². The summed E-state index contributed by atoms with van der Waals surface area (Å²) in [4.78, 5) is 0. The molecule has 0 aromatic rings. The molecular weight excluding hydrogens is 333 g/mol. The van der Waals surface area contributed by atoms with E-state index in [0.29, 0.717) is 0 Å². The van der Waals surface area contributed by atoms with Crippen LogP contribution in [0, 0.1) is 0 Å². The summed E-state index contributed by atoms with van der Waals surface area (Å²) in [6.45, 7) is 5.54. The molecule has 52 valence electrons. The van der Waals surface area contributed by atoms with Crippen molar-refractivity contribution in [2.24, 2.45) is 0 Å². The first kappa shape index (κ1) is 10.5. The van der Waals surface area contributed by atoms with Gasteiger partial charge in [-0.25, -0.2) is 0 Å². The zero-order valence-electron chi connectivity index (χ0n) is 5.64. The van der Waals surface area contributed by atoms with E-state index in [2.05, 4.69) is 0 Å². The second-order valence-electron chi connectivity index (χ2n) is 1.13. The molecule has 0 heterocycles. The first-order chi connectivity index (χ1) is 4.41. The van der Waals surface area contributed by atoms with E-state index < -0.39 is 43.9 Å². The van der Waals surface area contributed by atoms with E-state index in [0.717, 1.165) is 13.2 Å². The van der Waals surface area contributed by atoms with Gasteiger partial charge >= 0.3 is 78.6 Å². The van der Waals surface area contributed by atoms with Crippen molar-refractivity contribution in [3.8, 4) is 0 Å². The summed E-state index contributed by atoms with van der Waals surface area (Å²) in [6.07, 6.45) is 0. The number of rotatable bonds is 6. The molecule has 0 aromatic carbocycles. The average Bonchev–Trinajstić information content (AvgIpc) is 1.89. The van der Waals surface area contributed by atoms with Gasteiger partial charge in [-0.05, 0) is 0 Å². The van der Waals surface area contributed by atoms with Gasteiger partial charge in [-0.2, -0.15) is 0 Å².